The molecule has 26 heavy (non-hydrogen) atoms. The Bertz CT molecular complexity index is 687. The molecule has 0 spiro atoms. The summed E-state index contributed by atoms with van der Waals surface area (Å²) < 4.78 is 5.09. The highest BCUT2D eigenvalue weighted by atomic mass is 16.6. The van der Waals surface area contributed by atoms with Crippen LogP contribution in [0, 0.1) is 10.1 Å². The third-order valence-electron chi connectivity index (χ3n) is 4.31. The predicted octanol–water partition coefficient (Wildman–Crippen LogP) is 0.633. The third kappa shape index (κ3) is 4.90. The number of ether oxygens (including phenoxy) is 1. The van der Waals surface area contributed by atoms with Crippen LogP contribution in [0.2, 0.25) is 0 Å². The molecule has 1 atom stereocenters. The van der Waals surface area contributed by atoms with Crippen molar-refractivity contribution in [3.63, 3.8) is 0 Å². The summed E-state index contributed by atoms with van der Waals surface area (Å²) in [6.07, 6.45) is -0.259. The highest BCUT2D eigenvalue weighted by molar-refractivity contribution is 5.95. The van der Waals surface area contributed by atoms with E-state index in [9.17, 15) is 24.8 Å². The second kappa shape index (κ2) is 8.59. The number of nitrogens with zero attached hydrogens (tertiary/aromatic N) is 3. The Balaban J connectivity index is 2.09. The molecule has 1 aromatic carbocycles. The molecule has 2 N–H and O–H groups in total. The molecule has 1 saturated heterocycles. The number of hydrogen-bond acceptors (Lipinski definition) is 7. The lowest BCUT2D eigenvalue weighted by molar-refractivity contribution is -0.384. The molecule has 1 unspecified atom stereocenters. The van der Waals surface area contributed by atoms with Crippen molar-refractivity contribution in [3.8, 4) is 5.75 Å². The number of rotatable bonds is 7. The van der Waals surface area contributed by atoms with Gasteiger partial charge in [-0.15, -0.1) is 0 Å². The number of likely N-dealkylation sites (N-methyl/N-ethyl adjacent to an activating group) is 1. The van der Waals surface area contributed by atoms with Gasteiger partial charge in [0.2, 0.25) is 5.91 Å². The minimum atomic E-state index is -1.07. The number of methoxy groups -OCH3 is 1. The number of aliphatic carboxylic acids is 1. The largest absolute Gasteiger partial charge is 0.495 e. The summed E-state index contributed by atoms with van der Waals surface area (Å²) in [7, 11) is 3.33. The maximum Gasteiger partial charge on any atom is 0.321 e. The van der Waals surface area contributed by atoms with Crippen LogP contribution >= 0.6 is 0 Å². The Morgan fingerprint density at radius 3 is 2.54 bits per heavy atom. The quantitative estimate of drug-likeness (QED) is 0.532. The van der Waals surface area contributed by atoms with E-state index in [0.29, 0.717) is 13.1 Å². The maximum atomic E-state index is 12.3. The number of non-ortho nitro benzene ring substituents is 1. The molecule has 10 nitrogen and oxygen atoms in total. The third-order valence-corrected chi connectivity index (χ3v) is 4.31. The van der Waals surface area contributed by atoms with Gasteiger partial charge in [-0.25, -0.2) is 0 Å². The number of carbonyl (C=O) groups excluding carboxylic acids is 1. The Hall–Kier alpha value is -2.72. The molecular weight excluding hydrogens is 344 g/mol. The summed E-state index contributed by atoms with van der Waals surface area (Å²) in [6, 6.07) is 2.87. The number of piperazine rings is 1. The summed E-state index contributed by atoms with van der Waals surface area (Å²) in [5, 5.41) is 22.9. The molecule has 0 radical (unpaired) electrons. The molecule has 0 aliphatic carbocycles. The summed E-state index contributed by atoms with van der Waals surface area (Å²) >= 11 is 0. The first-order valence-electron chi connectivity index (χ1n) is 8.09. The smallest absolute Gasteiger partial charge is 0.321 e. The van der Waals surface area contributed by atoms with Gasteiger partial charge in [0.05, 0.1) is 24.1 Å². The summed E-state index contributed by atoms with van der Waals surface area (Å²) in [5.41, 5.74) is -0.0656. The molecule has 1 amide bonds. The second-order valence-corrected chi connectivity index (χ2v) is 6.09. The molecule has 0 bridgehead atoms. The number of nitro benzene ring substituents is 1. The van der Waals surface area contributed by atoms with Gasteiger partial charge < -0.3 is 20.1 Å². The first-order chi connectivity index (χ1) is 12.3. The van der Waals surface area contributed by atoms with E-state index in [0.717, 1.165) is 13.1 Å². The SMILES string of the molecule is COc1ccc([N+](=O)[O-])cc1NC(=O)CC(C(=O)O)N1CCN(C)CC1. The molecule has 1 fully saturated rings. The molecule has 1 aromatic rings. The monoisotopic (exact) mass is 366 g/mol. The zero-order valence-electron chi connectivity index (χ0n) is 14.7. The van der Waals surface area contributed by atoms with Crippen LogP contribution in [0.1, 0.15) is 6.42 Å². The molecule has 0 saturated carbocycles. The fourth-order valence-electron chi connectivity index (χ4n) is 2.79. The number of carbonyl (C=O) groups is 2. The molecule has 10 heteroatoms. The van der Waals surface area contributed by atoms with E-state index in [-0.39, 0.29) is 23.5 Å². The van der Waals surface area contributed by atoms with Gasteiger partial charge in [-0.3, -0.25) is 24.6 Å². The van der Waals surface area contributed by atoms with Crippen molar-refractivity contribution in [1.82, 2.24) is 9.80 Å². The molecule has 1 aliphatic rings. The van der Waals surface area contributed by atoms with E-state index in [1.54, 1.807) is 4.90 Å². The van der Waals surface area contributed by atoms with Crippen molar-refractivity contribution in [3.05, 3.63) is 28.3 Å². The number of carboxylic acids is 1. The number of benzene rings is 1. The van der Waals surface area contributed by atoms with Gasteiger partial charge in [0, 0.05) is 38.3 Å². The van der Waals surface area contributed by atoms with Crippen LogP contribution in [0.4, 0.5) is 11.4 Å². The Labute approximate surface area is 150 Å². The van der Waals surface area contributed by atoms with Crippen LogP contribution in [0.5, 0.6) is 5.75 Å². The van der Waals surface area contributed by atoms with Crippen molar-refractivity contribution in [2.75, 3.05) is 45.7 Å². The van der Waals surface area contributed by atoms with E-state index < -0.39 is 22.8 Å². The maximum absolute atomic E-state index is 12.3. The highest BCUT2D eigenvalue weighted by Gasteiger charge is 2.30. The van der Waals surface area contributed by atoms with Crippen LogP contribution < -0.4 is 10.1 Å². The van der Waals surface area contributed by atoms with E-state index in [4.69, 9.17) is 4.74 Å². The number of carboxylic acid groups (broad SMARTS) is 1. The zero-order chi connectivity index (χ0) is 19.3. The Morgan fingerprint density at radius 1 is 1.35 bits per heavy atom. The van der Waals surface area contributed by atoms with E-state index in [2.05, 4.69) is 10.2 Å². The van der Waals surface area contributed by atoms with Crippen LogP contribution in [0.3, 0.4) is 0 Å². The van der Waals surface area contributed by atoms with Gasteiger partial charge in [0.15, 0.2) is 0 Å². The summed E-state index contributed by atoms with van der Waals surface area (Å²) in [5.74, 6) is -1.36. The van der Waals surface area contributed by atoms with Gasteiger partial charge in [0.1, 0.15) is 11.8 Å². The topological polar surface area (TPSA) is 125 Å². The summed E-state index contributed by atoms with van der Waals surface area (Å²) in [6.45, 7) is 2.57. The molecule has 2 rings (SSSR count). The van der Waals surface area contributed by atoms with E-state index in [1.807, 2.05) is 7.05 Å². The van der Waals surface area contributed by atoms with Crippen molar-refractivity contribution in [2.24, 2.45) is 0 Å². The lowest BCUT2D eigenvalue weighted by atomic mass is 10.1. The predicted molar refractivity (Wildman–Crippen MR) is 93.4 cm³/mol. The van der Waals surface area contributed by atoms with E-state index >= 15 is 0 Å². The van der Waals surface area contributed by atoms with Gasteiger partial charge in [-0.05, 0) is 13.1 Å². The minimum Gasteiger partial charge on any atom is -0.495 e. The van der Waals surface area contributed by atoms with Crippen LogP contribution in [-0.2, 0) is 9.59 Å². The van der Waals surface area contributed by atoms with Gasteiger partial charge in [0.25, 0.3) is 5.69 Å². The van der Waals surface area contributed by atoms with Gasteiger partial charge in [-0.1, -0.05) is 0 Å². The Morgan fingerprint density at radius 2 is 2.00 bits per heavy atom. The average molecular weight is 366 g/mol. The molecule has 0 aromatic heterocycles. The standard InChI is InChI=1S/C16H22N4O6/c1-18-5-7-19(8-6-18)13(16(22)23)10-15(21)17-12-9-11(20(24)25)3-4-14(12)26-2/h3-4,9,13H,5-8,10H2,1-2H3,(H,17,21)(H,22,23). The van der Waals surface area contributed by atoms with Gasteiger partial charge >= 0.3 is 5.97 Å². The lowest BCUT2D eigenvalue weighted by Gasteiger charge is -2.35. The lowest BCUT2D eigenvalue weighted by Crippen LogP contribution is -2.52. The number of nitrogens with one attached hydrogen (secondary N) is 1. The first-order valence-corrected chi connectivity index (χ1v) is 8.09. The van der Waals surface area contributed by atoms with Crippen LogP contribution in [0.15, 0.2) is 18.2 Å². The van der Waals surface area contributed by atoms with E-state index in [1.165, 1.54) is 25.3 Å². The number of hydrogen-bond donors (Lipinski definition) is 2. The molecule has 1 aliphatic heterocycles. The Kier molecular flexibility index (Phi) is 6.47. The highest BCUT2D eigenvalue weighted by Crippen LogP contribution is 2.29. The zero-order valence-corrected chi connectivity index (χ0v) is 14.7. The average Bonchev–Trinajstić information content (AvgIpc) is 2.60. The van der Waals surface area contributed by atoms with Crippen LogP contribution in [-0.4, -0.2) is 78.1 Å². The van der Waals surface area contributed by atoms with Crippen molar-refractivity contribution in [2.45, 2.75) is 12.5 Å². The number of nitro groups is 1. The van der Waals surface area contributed by atoms with Crippen LogP contribution in [0.25, 0.3) is 0 Å². The van der Waals surface area contributed by atoms with Crippen molar-refractivity contribution in [1.29, 1.82) is 0 Å². The van der Waals surface area contributed by atoms with Gasteiger partial charge in [-0.2, -0.15) is 0 Å². The van der Waals surface area contributed by atoms with Crippen molar-refractivity contribution < 1.29 is 24.4 Å². The van der Waals surface area contributed by atoms with Crippen molar-refractivity contribution >= 4 is 23.3 Å². The number of anilines is 1. The second-order valence-electron chi connectivity index (χ2n) is 6.09. The molecular formula is C16H22N4O6. The summed E-state index contributed by atoms with van der Waals surface area (Å²) in [4.78, 5) is 38.1. The normalized spacial score (nSPS) is 16.7. The first kappa shape index (κ1) is 19.6. The minimum absolute atomic E-state index is 0.134. The fourth-order valence-corrected chi connectivity index (χ4v) is 2.79. The molecule has 1 heterocycles. The fraction of sp³-hybridized carbons (Fsp3) is 0.500. The number of amides is 1. The molecule has 142 valence electrons.